The first-order valence-electron chi connectivity index (χ1n) is 6.39. The van der Waals surface area contributed by atoms with Crippen LogP contribution in [0.5, 0.6) is 0 Å². The maximum absolute atomic E-state index is 12.0. The molecular weight excluding hydrogens is 232 g/mol. The lowest BCUT2D eigenvalue weighted by Crippen LogP contribution is -2.39. The van der Waals surface area contributed by atoms with E-state index in [0.717, 1.165) is 18.7 Å². The van der Waals surface area contributed by atoms with Crippen molar-refractivity contribution >= 4 is 5.91 Å². The van der Waals surface area contributed by atoms with Crippen LogP contribution >= 0.6 is 0 Å². The summed E-state index contributed by atoms with van der Waals surface area (Å²) in [4.78, 5) is 16.3. The average molecular weight is 252 g/mol. The van der Waals surface area contributed by atoms with Gasteiger partial charge in [0.2, 0.25) is 5.91 Å². The summed E-state index contributed by atoms with van der Waals surface area (Å²) in [5.74, 6) is 1.55. The fraction of sp³-hybridized carbons (Fsp3) is 0.750. The van der Waals surface area contributed by atoms with Gasteiger partial charge in [-0.2, -0.15) is 5.10 Å². The minimum absolute atomic E-state index is 0.0614. The Morgan fingerprint density at radius 1 is 1.56 bits per heavy atom. The number of amides is 1. The van der Waals surface area contributed by atoms with Gasteiger partial charge in [-0.25, -0.2) is 4.98 Å². The summed E-state index contributed by atoms with van der Waals surface area (Å²) in [6.07, 6.45) is 1.43. The Morgan fingerprint density at radius 3 is 2.83 bits per heavy atom. The molecule has 0 spiro atoms. The van der Waals surface area contributed by atoms with E-state index in [1.54, 1.807) is 0 Å². The summed E-state index contributed by atoms with van der Waals surface area (Å²) < 4.78 is 5.38. The highest BCUT2D eigenvalue weighted by Gasteiger charge is 2.28. The van der Waals surface area contributed by atoms with Crippen LogP contribution in [0.3, 0.4) is 0 Å². The Labute approximate surface area is 107 Å². The SMILES string of the molecule is Cc1nc(C(NC(=O)C2CCCO2)C(C)C)n[nH]1. The third-order valence-electron chi connectivity index (χ3n) is 3.08. The van der Waals surface area contributed by atoms with E-state index in [9.17, 15) is 4.79 Å². The van der Waals surface area contributed by atoms with E-state index in [2.05, 4.69) is 20.5 Å². The van der Waals surface area contributed by atoms with Crippen LogP contribution in [0, 0.1) is 12.8 Å². The summed E-state index contributed by atoms with van der Waals surface area (Å²) in [5, 5.41) is 9.91. The van der Waals surface area contributed by atoms with Crippen molar-refractivity contribution in [2.75, 3.05) is 6.61 Å². The zero-order valence-corrected chi connectivity index (χ0v) is 11.1. The van der Waals surface area contributed by atoms with Crippen molar-refractivity contribution in [1.29, 1.82) is 0 Å². The van der Waals surface area contributed by atoms with Crippen molar-refractivity contribution in [1.82, 2.24) is 20.5 Å². The monoisotopic (exact) mass is 252 g/mol. The van der Waals surface area contributed by atoms with Crippen molar-refractivity contribution in [3.05, 3.63) is 11.6 Å². The minimum Gasteiger partial charge on any atom is -0.368 e. The molecule has 0 bridgehead atoms. The van der Waals surface area contributed by atoms with E-state index >= 15 is 0 Å². The number of rotatable bonds is 4. The number of nitrogens with one attached hydrogen (secondary N) is 2. The first kappa shape index (κ1) is 13.0. The van der Waals surface area contributed by atoms with Gasteiger partial charge in [-0.3, -0.25) is 9.89 Å². The molecule has 1 aromatic rings. The first-order chi connectivity index (χ1) is 8.58. The topological polar surface area (TPSA) is 79.9 Å². The summed E-state index contributed by atoms with van der Waals surface area (Å²) >= 11 is 0. The third-order valence-corrected chi connectivity index (χ3v) is 3.08. The van der Waals surface area contributed by atoms with Gasteiger partial charge in [-0.1, -0.05) is 13.8 Å². The number of carbonyl (C=O) groups excluding carboxylic acids is 1. The molecule has 2 N–H and O–H groups in total. The molecule has 1 saturated heterocycles. The van der Waals surface area contributed by atoms with Crippen LogP contribution in [-0.4, -0.2) is 33.8 Å². The zero-order valence-electron chi connectivity index (χ0n) is 11.1. The number of carbonyl (C=O) groups is 1. The van der Waals surface area contributed by atoms with E-state index in [0.29, 0.717) is 12.4 Å². The lowest BCUT2D eigenvalue weighted by molar-refractivity contribution is -0.131. The largest absolute Gasteiger partial charge is 0.368 e. The third kappa shape index (κ3) is 2.87. The van der Waals surface area contributed by atoms with Crippen molar-refractivity contribution in [3.63, 3.8) is 0 Å². The Bertz CT molecular complexity index is 410. The molecule has 0 aromatic carbocycles. The second-order valence-electron chi connectivity index (χ2n) is 5.01. The molecule has 6 heteroatoms. The van der Waals surface area contributed by atoms with Crippen molar-refractivity contribution in [3.8, 4) is 0 Å². The van der Waals surface area contributed by atoms with Crippen LogP contribution in [0.25, 0.3) is 0 Å². The predicted octanol–water partition coefficient (Wildman–Crippen LogP) is 1.11. The molecule has 0 saturated carbocycles. The molecular formula is C12H20N4O2. The number of aromatic amines is 1. The van der Waals surface area contributed by atoms with Gasteiger partial charge in [0.25, 0.3) is 0 Å². The molecule has 1 aliphatic rings. The van der Waals surface area contributed by atoms with Gasteiger partial charge >= 0.3 is 0 Å². The highest BCUT2D eigenvalue weighted by atomic mass is 16.5. The summed E-state index contributed by atoms with van der Waals surface area (Å²) in [7, 11) is 0. The van der Waals surface area contributed by atoms with Crippen LogP contribution in [0.4, 0.5) is 0 Å². The van der Waals surface area contributed by atoms with Crippen LogP contribution in [0.15, 0.2) is 0 Å². The number of ether oxygens (including phenoxy) is 1. The van der Waals surface area contributed by atoms with Crippen LogP contribution in [0.1, 0.15) is 44.4 Å². The molecule has 0 radical (unpaired) electrons. The van der Waals surface area contributed by atoms with Gasteiger partial charge in [0.15, 0.2) is 5.82 Å². The van der Waals surface area contributed by atoms with Gasteiger partial charge in [0, 0.05) is 6.61 Å². The Hall–Kier alpha value is -1.43. The number of hydrogen-bond donors (Lipinski definition) is 2. The van der Waals surface area contributed by atoms with E-state index in [1.807, 2.05) is 20.8 Å². The number of H-pyrrole nitrogens is 1. The van der Waals surface area contributed by atoms with Gasteiger partial charge < -0.3 is 10.1 Å². The van der Waals surface area contributed by atoms with Crippen LogP contribution in [-0.2, 0) is 9.53 Å². The van der Waals surface area contributed by atoms with Gasteiger partial charge in [0.1, 0.15) is 11.9 Å². The van der Waals surface area contributed by atoms with Crippen LogP contribution < -0.4 is 5.32 Å². The van der Waals surface area contributed by atoms with Gasteiger partial charge in [-0.15, -0.1) is 0 Å². The zero-order chi connectivity index (χ0) is 13.1. The van der Waals surface area contributed by atoms with Crippen LogP contribution in [0.2, 0.25) is 0 Å². The molecule has 2 atom stereocenters. The first-order valence-corrected chi connectivity index (χ1v) is 6.39. The summed E-state index contributed by atoms with van der Waals surface area (Å²) in [6.45, 7) is 6.58. The maximum Gasteiger partial charge on any atom is 0.249 e. The molecule has 100 valence electrons. The standard InChI is InChI=1S/C12H20N4O2/c1-7(2)10(11-13-8(3)15-16-11)14-12(17)9-5-4-6-18-9/h7,9-10H,4-6H2,1-3H3,(H,14,17)(H,13,15,16). The Kier molecular flexibility index (Phi) is 3.96. The highest BCUT2D eigenvalue weighted by Crippen LogP contribution is 2.20. The molecule has 18 heavy (non-hydrogen) atoms. The minimum atomic E-state index is -0.314. The number of hydrogen-bond acceptors (Lipinski definition) is 4. The molecule has 1 fully saturated rings. The van der Waals surface area contributed by atoms with Crippen molar-refractivity contribution < 1.29 is 9.53 Å². The molecule has 2 heterocycles. The Morgan fingerprint density at radius 2 is 2.33 bits per heavy atom. The second-order valence-corrected chi connectivity index (χ2v) is 5.01. The van der Waals surface area contributed by atoms with E-state index < -0.39 is 0 Å². The van der Waals surface area contributed by atoms with Crippen molar-refractivity contribution in [2.24, 2.45) is 5.92 Å². The fourth-order valence-corrected chi connectivity index (χ4v) is 2.06. The number of aromatic nitrogens is 3. The van der Waals surface area contributed by atoms with Gasteiger partial charge in [-0.05, 0) is 25.7 Å². The number of aryl methyl sites for hydroxylation is 1. The maximum atomic E-state index is 12.0. The van der Waals surface area contributed by atoms with E-state index in [1.165, 1.54) is 0 Å². The molecule has 1 aliphatic heterocycles. The molecule has 1 aromatic heterocycles. The molecule has 2 unspecified atom stereocenters. The summed E-state index contributed by atoms with van der Waals surface area (Å²) in [5.41, 5.74) is 0. The number of nitrogens with zero attached hydrogens (tertiary/aromatic N) is 2. The normalized spacial score (nSPS) is 21.2. The van der Waals surface area contributed by atoms with E-state index in [4.69, 9.17) is 4.74 Å². The lowest BCUT2D eigenvalue weighted by Gasteiger charge is -2.21. The predicted molar refractivity (Wildman–Crippen MR) is 65.8 cm³/mol. The quantitative estimate of drug-likeness (QED) is 0.841. The van der Waals surface area contributed by atoms with E-state index in [-0.39, 0.29) is 24.0 Å². The lowest BCUT2D eigenvalue weighted by atomic mass is 10.0. The van der Waals surface area contributed by atoms with Gasteiger partial charge in [0.05, 0.1) is 6.04 Å². The highest BCUT2D eigenvalue weighted by molar-refractivity contribution is 5.81. The van der Waals surface area contributed by atoms with Crippen molar-refractivity contribution in [2.45, 2.75) is 45.8 Å². The molecule has 2 rings (SSSR count). The molecule has 1 amide bonds. The molecule has 0 aliphatic carbocycles. The Balaban J connectivity index is 2.04. The fourth-order valence-electron chi connectivity index (χ4n) is 2.06. The average Bonchev–Trinajstić information content (AvgIpc) is 2.95. The molecule has 6 nitrogen and oxygen atoms in total. The summed E-state index contributed by atoms with van der Waals surface area (Å²) in [6, 6.07) is -0.174. The second kappa shape index (κ2) is 5.48. The smallest absolute Gasteiger partial charge is 0.249 e.